The van der Waals surface area contributed by atoms with E-state index in [-0.39, 0.29) is 0 Å². The van der Waals surface area contributed by atoms with Crippen molar-refractivity contribution in [1.29, 1.82) is 0 Å². The first-order valence-corrected chi connectivity index (χ1v) is 9.71. The van der Waals surface area contributed by atoms with Crippen LogP contribution in [0.2, 0.25) is 16.6 Å². The largest absolute Gasteiger partial charge is 0.413 e. The van der Waals surface area contributed by atoms with E-state index in [9.17, 15) is 0 Å². The van der Waals surface area contributed by atoms with Crippen LogP contribution in [0.25, 0.3) is 0 Å². The molecule has 0 aliphatic heterocycles. The topological polar surface area (TPSA) is 9.23 Å². The molecular weight excluding hydrogens is 236 g/mol. The third-order valence-corrected chi connectivity index (χ3v) is 10.4. The molecule has 0 heterocycles. The molecule has 0 fully saturated rings. The van der Waals surface area contributed by atoms with Gasteiger partial charge in [0, 0.05) is 6.10 Å². The molecule has 0 N–H and O–H groups in total. The fourth-order valence-corrected chi connectivity index (χ4v) is 9.00. The average Bonchev–Trinajstić information content (AvgIpc) is 2.24. The van der Waals surface area contributed by atoms with Gasteiger partial charge in [0.15, 0.2) is 0 Å². The Bertz CT molecular complexity index is 211. The van der Waals surface area contributed by atoms with E-state index in [1.54, 1.807) is 0 Å². The number of allylic oxidation sites excluding steroid dienone is 1. The van der Waals surface area contributed by atoms with Crippen LogP contribution in [0, 0.1) is 0 Å². The van der Waals surface area contributed by atoms with Gasteiger partial charge in [-0.2, -0.15) is 0 Å². The van der Waals surface area contributed by atoms with Crippen LogP contribution in [0.4, 0.5) is 0 Å². The van der Waals surface area contributed by atoms with E-state index in [2.05, 4.69) is 55.0 Å². The normalized spacial score (nSPS) is 14.6. The third kappa shape index (κ3) is 4.54. The monoisotopic (exact) mass is 270 g/mol. The molecule has 0 spiro atoms. The van der Waals surface area contributed by atoms with E-state index >= 15 is 0 Å². The molecule has 1 nitrogen and oxygen atoms in total. The average molecular weight is 271 g/mol. The second-order valence-electron chi connectivity index (χ2n) is 6.47. The van der Waals surface area contributed by atoms with E-state index in [1.807, 2.05) is 6.08 Å². The summed E-state index contributed by atoms with van der Waals surface area (Å²) >= 11 is 0. The molecule has 0 aromatic carbocycles. The molecule has 108 valence electrons. The quantitative estimate of drug-likeness (QED) is 0.287. The maximum absolute atomic E-state index is 6.67. The van der Waals surface area contributed by atoms with Crippen LogP contribution in [-0.2, 0) is 4.43 Å². The molecule has 0 radical (unpaired) electrons. The molecule has 0 amide bonds. The Balaban J connectivity index is 4.72. The molecule has 0 aliphatic carbocycles. The van der Waals surface area contributed by atoms with Gasteiger partial charge in [0.2, 0.25) is 8.32 Å². The highest BCUT2D eigenvalue weighted by Crippen LogP contribution is 2.43. The van der Waals surface area contributed by atoms with Crippen molar-refractivity contribution in [3.63, 3.8) is 0 Å². The van der Waals surface area contributed by atoms with E-state index in [1.165, 1.54) is 6.42 Å². The summed E-state index contributed by atoms with van der Waals surface area (Å²) in [5.74, 6) is 0. The summed E-state index contributed by atoms with van der Waals surface area (Å²) < 4.78 is 6.67. The van der Waals surface area contributed by atoms with Gasteiger partial charge in [-0.3, -0.25) is 0 Å². The zero-order chi connectivity index (χ0) is 14.3. The molecule has 2 heteroatoms. The Kier molecular flexibility index (Phi) is 8.12. The van der Waals surface area contributed by atoms with Crippen LogP contribution < -0.4 is 0 Å². The molecule has 0 bridgehead atoms. The van der Waals surface area contributed by atoms with Crippen molar-refractivity contribution in [2.75, 3.05) is 0 Å². The zero-order valence-corrected chi connectivity index (χ0v) is 14.6. The lowest BCUT2D eigenvalue weighted by Crippen LogP contribution is -2.49. The van der Waals surface area contributed by atoms with Crippen molar-refractivity contribution in [3.8, 4) is 0 Å². The first kappa shape index (κ1) is 17.9. The van der Waals surface area contributed by atoms with Crippen molar-refractivity contribution in [3.05, 3.63) is 12.7 Å². The number of hydrogen-bond acceptors (Lipinski definition) is 1. The van der Waals surface area contributed by atoms with Gasteiger partial charge in [0.1, 0.15) is 0 Å². The van der Waals surface area contributed by atoms with Crippen molar-refractivity contribution >= 4 is 8.32 Å². The van der Waals surface area contributed by atoms with Gasteiger partial charge >= 0.3 is 0 Å². The van der Waals surface area contributed by atoms with Crippen LogP contribution in [0.15, 0.2) is 12.7 Å². The Morgan fingerprint density at radius 2 is 1.39 bits per heavy atom. The van der Waals surface area contributed by atoms with Crippen LogP contribution in [0.3, 0.4) is 0 Å². The molecule has 0 aliphatic rings. The molecule has 0 saturated carbocycles. The van der Waals surface area contributed by atoms with Gasteiger partial charge in [0.25, 0.3) is 0 Å². The van der Waals surface area contributed by atoms with Crippen molar-refractivity contribution in [2.45, 2.75) is 90.5 Å². The number of hydrogen-bond donors (Lipinski definition) is 0. The predicted molar refractivity (Wildman–Crippen MR) is 85.6 cm³/mol. The van der Waals surface area contributed by atoms with Crippen LogP contribution in [-0.4, -0.2) is 14.4 Å². The third-order valence-electron chi connectivity index (χ3n) is 4.13. The summed E-state index contributed by atoms with van der Waals surface area (Å²) in [7, 11) is -1.68. The van der Waals surface area contributed by atoms with Crippen molar-refractivity contribution in [1.82, 2.24) is 0 Å². The summed E-state index contributed by atoms with van der Waals surface area (Å²) in [5, 5.41) is 0. The van der Waals surface area contributed by atoms with Gasteiger partial charge in [-0.25, -0.2) is 0 Å². The standard InChI is InChI=1S/C16H34OSi/c1-9-10-11-12-16(8)17-18(13(2)3,14(4)5)15(6)7/h9,13-16H,1,10-12H2,2-8H3/t16-/m1/s1. The summed E-state index contributed by atoms with van der Waals surface area (Å²) in [4.78, 5) is 0. The van der Waals surface area contributed by atoms with Gasteiger partial charge < -0.3 is 4.43 Å². The highest BCUT2D eigenvalue weighted by molar-refractivity contribution is 6.77. The summed E-state index contributed by atoms with van der Waals surface area (Å²) in [6, 6.07) is 0. The van der Waals surface area contributed by atoms with Gasteiger partial charge in [-0.15, -0.1) is 6.58 Å². The van der Waals surface area contributed by atoms with Gasteiger partial charge in [-0.05, 0) is 42.8 Å². The van der Waals surface area contributed by atoms with Crippen LogP contribution >= 0.6 is 0 Å². The number of unbranched alkanes of at least 4 members (excludes halogenated alkanes) is 1. The summed E-state index contributed by atoms with van der Waals surface area (Å²) in [6.07, 6.45) is 5.86. The minimum Gasteiger partial charge on any atom is -0.413 e. The second-order valence-corrected chi connectivity index (χ2v) is 11.9. The molecule has 0 aromatic heterocycles. The highest BCUT2D eigenvalue weighted by atomic mass is 28.4. The van der Waals surface area contributed by atoms with E-state index in [4.69, 9.17) is 4.43 Å². The lowest BCUT2D eigenvalue weighted by Gasteiger charge is -2.44. The van der Waals surface area contributed by atoms with E-state index < -0.39 is 8.32 Å². The molecule has 0 aromatic rings. The van der Waals surface area contributed by atoms with Gasteiger partial charge in [0.05, 0.1) is 0 Å². The lowest BCUT2D eigenvalue weighted by atomic mass is 10.2. The Labute approximate surface area is 116 Å². The highest BCUT2D eigenvalue weighted by Gasteiger charge is 2.45. The predicted octanol–water partition coefficient (Wildman–Crippen LogP) is 5.92. The molecule has 0 unspecified atom stereocenters. The first-order valence-electron chi connectivity index (χ1n) is 7.57. The maximum atomic E-state index is 6.67. The van der Waals surface area contributed by atoms with Crippen molar-refractivity contribution < 1.29 is 4.43 Å². The Morgan fingerprint density at radius 1 is 0.944 bits per heavy atom. The smallest absolute Gasteiger partial charge is 0.200 e. The maximum Gasteiger partial charge on any atom is 0.200 e. The minimum atomic E-state index is -1.68. The lowest BCUT2D eigenvalue weighted by molar-refractivity contribution is 0.179. The SMILES string of the molecule is C=CCCC[C@@H](C)O[Si](C(C)C)(C(C)C)C(C)C. The van der Waals surface area contributed by atoms with Crippen LogP contribution in [0.5, 0.6) is 0 Å². The fourth-order valence-electron chi connectivity index (χ4n) is 3.37. The molecule has 0 saturated heterocycles. The molecule has 1 atom stereocenters. The van der Waals surface area contributed by atoms with Gasteiger partial charge in [-0.1, -0.05) is 47.6 Å². The van der Waals surface area contributed by atoms with Crippen LogP contribution in [0.1, 0.15) is 67.7 Å². The Morgan fingerprint density at radius 3 is 1.72 bits per heavy atom. The summed E-state index contributed by atoms with van der Waals surface area (Å²) in [6.45, 7) is 20.1. The minimum absolute atomic E-state index is 0.392. The molecule has 0 rings (SSSR count). The second kappa shape index (κ2) is 8.16. The summed E-state index contributed by atoms with van der Waals surface area (Å²) in [5.41, 5.74) is 2.04. The molecular formula is C16H34OSi. The van der Waals surface area contributed by atoms with E-state index in [0.29, 0.717) is 22.7 Å². The Hall–Kier alpha value is -0.0831. The van der Waals surface area contributed by atoms with E-state index in [0.717, 1.165) is 12.8 Å². The van der Waals surface area contributed by atoms with Crippen molar-refractivity contribution in [2.24, 2.45) is 0 Å². The zero-order valence-electron chi connectivity index (χ0n) is 13.6. The first-order chi connectivity index (χ1) is 8.28. The molecule has 18 heavy (non-hydrogen) atoms. The number of rotatable bonds is 9. The fraction of sp³-hybridized carbons (Fsp3) is 0.875.